The molecule has 1 N–H and O–H groups in total. The van der Waals surface area contributed by atoms with Crippen molar-refractivity contribution in [1.82, 2.24) is 20.2 Å². The van der Waals surface area contributed by atoms with Gasteiger partial charge in [-0.05, 0) is 24.6 Å². The maximum Gasteiger partial charge on any atom is 0.0753 e. The first-order valence-corrected chi connectivity index (χ1v) is 8.68. The van der Waals surface area contributed by atoms with Crippen molar-refractivity contribution in [1.29, 1.82) is 0 Å². The van der Waals surface area contributed by atoms with Crippen LogP contribution in [0.3, 0.4) is 0 Å². The van der Waals surface area contributed by atoms with Gasteiger partial charge in [-0.2, -0.15) is 0 Å². The maximum absolute atomic E-state index is 6.20. The molecule has 2 heterocycles. The summed E-state index contributed by atoms with van der Waals surface area (Å²) in [6.45, 7) is 6.33. The summed E-state index contributed by atoms with van der Waals surface area (Å²) in [7, 11) is 0. The van der Waals surface area contributed by atoms with Gasteiger partial charge in [0.1, 0.15) is 0 Å². The third-order valence-electron chi connectivity index (χ3n) is 4.36. The molecule has 5 nitrogen and oxygen atoms in total. The third kappa shape index (κ3) is 4.51. The zero-order valence-corrected chi connectivity index (χ0v) is 14.6. The first kappa shape index (κ1) is 17.3. The van der Waals surface area contributed by atoms with E-state index in [1.165, 1.54) is 5.56 Å². The fraction of sp³-hybridized carbons (Fsp3) is 0.444. The molecular formula is C18H23ClN4O. The van der Waals surface area contributed by atoms with E-state index >= 15 is 0 Å². The molecule has 0 radical (unpaired) electrons. The van der Waals surface area contributed by atoms with Crippen molar-refractivity contribution < 1.29 is 4.74 Å². The van der Waals surface area contributed by atoms with E-state index in [9.17, 15) is 0 Å². The van der Waals surface area contributed by atoms with Crippen LogP contribution in [0.2, 0.25) is 5.02 Å². The van der Waals surface area contributed by atoms with E-state index in [1.54, 1.807) is 18.6 Å². The number of nitrogens with zero attached hydrogens (tertiary/aromatic N) is 3. The minimum atomic E-state index is 0.140. The second kappa shape index (κ2) is 8.53. The monoisotopic (exact) mass is 346 g/mol. The van der Waals surface area contributed by atoms with Crippen molar-refractivity contribution in [2.75, 3.05) is 32.8 Å². The van der Waals surface area contributed by atoms with Crippen molar-refractivity contribution in [3.05, 3.63) is 59.1 Å². The number of hydrogen-bond acceptors (Lipinski definition) is 5. The van der Waals surface area contributed by atoms with E-state index in [0.717, 1.165) is 43.6 Å². The standard InChI is InChI=1S/C18H23ClN4O/c1-14(17-12-20-5-6-21-17)22-13-18(23-7-9-24-10-8-23)15-3-2-4-16(19)11-15/h2-6,11-12,14,18,22H,7-10,13H2,1H3/t14-,18+/m0/s1. The van der Waals surface area contributed by atoms with Crippen LogP contribution < -0.4 is 5.32 Å². The molecule has 2 aromatic rings. The Morgan fingerprint density at radius 1 is 1.29 bits per heavy atom. The molecule has 1 fully saturated rings. The van der Waals surface area contributed by atoms with Crippen LogP contribution in [0.5, 0.6) is 0 Å². The molecule has 1 saturated heterocycles. The molecule has 2 atom stereocenters. The van der Waals surface area contributed by atoms with Crippen LogP contribution in [0.1, 0.15) is 30.3 Å². The van der Waals surface area contributed by atoms with E-state index < -0.39 is 0 Å². The molecule has 1 aliphatic heterocycles. The highest BCUT2D eigenvalue weighted by atomic mass is 35.5. The second-order valence-electron chi connectivity index (χ2n) is 5.98. The summed E-state index contributed by atoms with van der Waals surface area (Å²) in [5, 5.41) is 4.36. The highest BCUT2D eigenvalue weighted by Gasteiger charge is 2.23. The van der Waals surface area contributed by atoms with Crippen molar-refractivity contribution >= 4 is 11.6 Å². The second-order valence-corrected chi connectivity index (χ2v) is 6.42. The predicted molar refractivity (Wildman–Crippen MR) is 95.0 cm³/mol. The minimum absolute atomic E-state index is 0.140. The van der Waals surface area contributed by atoms with E-state index in [0.29, 0.717) is 0 Å². The topological polar surface area (TPSA) is 50.3 Å². The number of halogens is 1. The molecule has 128 valence electrons. The number of rotatable bonds is 6. The van der Waals surface area contributed by atoms with Crippen LogP contribution in [0, 0.1) is 0 Å². The lowest BCUT2D eigenvalue weighted by molar-refractivity contribution is 0.0157. The van der Waals surface area contributed by atoms with Gasteiger partial charge < -0.3 is 10.1 Å². The molecule has 24 heavy (non-hydrogen) atoms. The number of aromatic nitrogens is 2. The summed E-state index contributed by atoms with van der Waals surface area (Å²) in [5.74, 6) is 0. The van der Waals surface area contributed by atoms with E-state index in [4.69, 9.17) is 16.3 Å². The summed E-state index contributed by atoms with van der Waals surface area (Å²) in [4.78, 5) is 11.0. The average Bonchev–Trinajstić information content (AvgIpc) is 2.63. The van der Waals surface area contributed by atoms with Gasteiger partial charge in [-0.15, -0.1) is 0 Å². The first-order valence-electron chi connectivity index (χ1n) is 8.30. The number of ether oxygens (including phenoxy) is 1. The molecule has 0 aliphatic carbocycles. The van der Waals surface area contributed by atoms with Crippen molar-refractivity contribution in [2.24, 2.45) is 0 Å². The number of hydrogen-bond donors (Lipinski definition) is 1. The number of benzene rings is 1. The molecule has 0 amide bonds. The number of nitrogens with one attached hydrogen (secondary N) is 1. The van der Waals surface area contributed by atoms with Crippen LogP contribution in [-0.2, 0) is 4.74 Å². The van der Waals surface area contributed by atoms with Crippen molar-refractivity contribution in [2.45, 2.75) is 19.0 Å². The summed E-state index contributed by atoms with van der Waals surface area (Å²) in [6.07, 6.45) is 5.23. The molecule has 1 aromatic carbocycles. The lowest BCUT2D eigenvalue weighted by atomic mass is 10.0. The summed E-state index contributed by atoms with van der Waals surface area (Å²) >= 11 is 6.20. The predicted octanol–water partition coefficient (Wildman–Crippen LogP) is 2.85. The Hall–Kier alpha value is -1.53. The van der Waals surface area contributed by atoms with E-state index in [2.05, 4.69) is 39.2 Å². The summed E-state index contributed by atoms with van der Waals surface area (Å²) in [5.41, 5.74) is 2.17. The van der Waals surface area contributed by atoms with E-state index in [1.807, 2.05) is 12.1 Å². The Morgan fingerprint density at radius 3 is 2.83 bits per heavy atom. The van der Waals surface area contributed by atoms with Gasteiger partial charge >= 0.3 is 0 Å². The Bertz CT molecular complexity index is 634. The fourth-order valence-corrected chi connectivity index (χ4v) is 3.19. The molecule has 1 aliphatic rings. The van der Waals surface area contributed by atoms with Gasteiger partial charge in [-0.1, -0.05) is 23.7 Å². The zero-order chi connectivity index (χ0) is 16.8. The lowest BCUT2D eigenvalue weighted by Gasteiger charge is -2.35. The van der Waals surface area contributed by atoms with Crippen LogP contribution in [0.15, 0.2) is 42.9 Å². The van der Waals surface area contributed by atoms with Gasteiger partial charge in [0.05, 0.1) is 18.9 Å². The molecular weight excluding hydrogens is 324 g/mol. The Kier molecular flexibility index (Phi) is 6.15. The fourth-order valence-electron chi connectivity index (χ4n) is 2.99. The Morgan fingerprint density at radius 2 is 2.12 bits per heavy atom. The van der Waals surface area contributed by atoms with Crippen LogP contribution in [0.25, 0.3) is 0 Å². The number of morpholine rings is 1. The summed E-state index contributed by atoms with van der Waals surface area (Å²) < 4.78 is 5.50. The van der Waals surface area contributed by atoms with Crippen LogP contribution in [-0.4, -0.2) is 47.7 Å². The minimum Gasteiger partial charge on any atom is -0.379 e. The molecule has 0 unspecified atom stereocenters. The van der Waals surface area contributed by atoms with Crippen LogP contribution in [0.4, 0.5) is 0 Å². The van der Waals surface area contributed by atoms with E-state index in [-0.39, 0.29) is 12.1 Å². The Labute approximate surface area is 148 Å². The van der Waals surface area contributed by atoms with Gasteiger partial charge in [0.25, 0.3) is 0 Å². The van der Waals surface area contributed by atoms with Gasteiger partial charge in [-0.3, -0.25) is 14.9 Å². The molecule has 1 aromatic heterocycles. The quantitative estimate of drug-likeness (QED) is 0.871. The van der Waals surface area contributed by atoms with Gasteiger partial charge in [-0.25, -0.2) is 0 Å². The van der Waals surface area contributed by atoms with Gasteiger partial charge in [0, 0.05) is 55.3 Å². The molecule has 0 saturated carbocycles. The SMILES string of the molecule is C[C@H](NC[C@H](c1cccc(Cl)c1)N1CCOCC1)c1cnccn1. The summed E-state index contributed by atoms with van der Waals surface area (Å²) in [6, 6.07) is 8.51. The Balaban J connectivity index is 1.72. The molecule has 0 bridgehead atoms. The largest absolute Gasteiger partial charge is 0.379 e. The highest BCUT2D eigenvalue weighted by Crippen LogP contribution is 2.24. The highest BCUT2D eigenvalue weighted by molar-refractivity contribution is 6.30. The molecule has 3 rings (SSSR count). The van der Waals surface area contributed by atoms with Gasteiger partial charge in [0.2, 0.25) is 0 Å². The van der Waals surface area contributed by atoms with Crippen LogP contribution >= 0.6 is 11.6 Å². The van der Waals surface area contributed by atoms with Crippen molar-refractivity contribution in [3.63, 3.8) is 0 Å². The lowest BCUT2D eigenvalue weighted by Crippen LogP contribution is -2.43. The molecule has 0 spiro atoms. The first-order chi connectivity index (χ1) is 11.7. The molecule has 6 heteroatoms. The average molecular weight is 347 g/mol. The van der Waals surface area contributed by atoms with Crippen molar-refractivity contribution in [3.8, 4) is 0 Å². The van der Waals surface area contributed by atoms with Gasteiger partial charge in [0.15, 0.2) is 0 Å². The normalized spacial score (nSPS) is 18.2. The smallest absolute Gasteiger partial charge is 0.0753 e. The maximum atomic E-state index is 6.20. The third-order valence-corrected chi connectivity index (χ3v) is 4.60. The zero-order valence-electron chi connectivity index (χ0n) is 13.9.